The zero-order chi connectivity index (χ0) is 12.3. The van der Waals surface area contributed by atoms with E-state index in [4.69, 9.17) is 17.4 Å². The number of nitrogens with zero attached hydrogens (tertiary/aromatic N) is 3. The van der Waals surface area contributed by atoms with Crippen molar-refractivity contribution in [3.8, 4) is 0 Å². The average Bonchev–Trinajstić information content (AvgIpc) is 2.91. The van der Waals surface area contributed by atoms with Gasteiger partial charge in [-0.05, 0) is 18.6 Å². The number of hydrazine groups is 1. The summed E-state index contributed by atoms with van der Waals surface area (Å²) in [4.78, 5) is 1.05. The summed E-state index contributed by atoms with van der Waals surface area (Å²) in [5.41, 5.74) is 3.74. The number of nitrogens with one attached hydrogen (secondary N) is 1. The van der Waals surface area contributed by atoms with Gasteiger partial charge in [-0.3, -0.25) is 5.84 Å². The molecule has 17 heavy (non-hydrogen) atoms. The molecule has 0 spiro atoms. The summed E-state index contributed by atoms with van der Waals surface area (Å²) in [7, 11) is 0. The smallest absolute Gasteiger partial charge is 0.0986 e. The van der Waals surface area contributed by atoms with Crippen molar-refractivity contribution in [2.45, 2.75) is 25.9 Å². The normalized spacial score (nSPS) is 12.9. The standard InChI is InChI=1S/C10H14ClN5S/c1-2-5-16-7(6-13-15-16)10(14-12)8-3-4-9(11)17-8/h3-4,6,10,14H,2,5,12H2,1H3. The van der Waals surface area contributed by atoms with E-state index in [1.807, 2.05) is 16.8 Å². The van der Waals surface area contributed by atoms with E-state index in [0.29, 0.717) is 0 Å². The second-order valence-corrected chi connectivity index (χ2v) is 5.37. The first kappa shape index (κ1) is 12.5. The Balaban J connectivity index is 2.31. The third-order valence-electron chi connectivity index (χ3n) is 2.42. The molecular weight excluding hydrogens is 258 g/mol. The van der Waals surface area contributed by atoms with Crippen LogP contribution in [-0.2, 0) is 6.54 Å². The highest BCUT2D eigenvalue weighted by atomic mass is 35.5. The van der Waals surface area contributed by atoms with Crippen molar-refractivity contribution in [3.63, 3.8) is 0 Å². The molecule has 0 aromatic carbocycles. The molecule has 0 fully saturated rings. The number of aryl methyl sites for hydroxylation is 1. The van der Waals surface area contributed by atoms with Gasteiger partial charge in [0, 0.05) is 11.4 Å². The van der Waals surface area contributed by atoms with E-state index in [1.54, 1.807) is 6.20 Å². The summed E-state index contributed by atoms with van der Waals surface area (Å²) < 4.78 is 2.60. The lowest BCUT2D eigenvalue weighted by molar-refractivity contribution is 0.515. The fraction of sp³-hybridized carbons (Fsp3) is 0.400. The molecule has 7 heteroatoms. The van der Waals surface area contributed by atoms with E-state index in [1.165, 1.54) is 11.3 Å². The van der Waals surface area contributed by atoms with Gasteiger partial charge >= 0.3 is 0 Å². The third kappa shape index (κ3) is 2.66. The van der Waals surface area contributed by atoms with Crippen LogP contribution >= 0.6 is 22.9 Å². The average molecular weight is 272 g/mol. The van der Waals surface area contributed by atoms with Crippen LogP contribution in [0.5, 0.6) is 0 Å². The van der Waals surface area contributed by atoms with Gasteiger partial charge in [-0.25, -0.2) is 10.1 Å². The number of hydrogen-bond donors (Lipinski definition) is 2. The molecule has 2 aromatic rings. The maximum absolute atomic E-state index is 5.94. The summed E-state index contributed by atoms with van der Waals surface area (Å²) in [6.45, 7) is 2.92. The molecule has 0 radical (unpaired) electrons. The highest BCUT2D eigenvalue weighted by Gasteiger charge is 2.19. The summed E-state index contributed by atoms with van der Waals surface area (Å²) in [5, 5.41) is 7.98. The second kappa shape index (κ2) is 5.59. The maximum Gasteiger partial charge on any atom is 0.0986 e. The molecule has 2 rings (SSSR count). The van der Waals surface area contributed by atoms with Crippen molar-refractivity contribution in [1.29, 1.82) is 0 Å². The Labute approximate surface area is 109 Å². The summed E-state index contributed by atoms with van der Waals surface area (Å²) in [6, 6.07) is 3.70. The fourth-order valence-corrected chi connectivity index (χ4v) is 2.81. The minimum atomic E-state index is -0.117. The van der Waals surface area contributed by atoms with E-state index in [0.717, 1.165) is 27.9 Å². The molecule has 0 saturated heterocycles. The fourth-order valence-electron chi connectivity index (χ4n) is 1.67. The van der Waals surface area contributed by atoms with Gasteiger partial charge in [0.05, 0.1) is 22.3 Å². The van der Waals surface area contributed by atoms with Crippen LogP contribution in [0.15, 0.2) is 18.3 Å². The second-order valence-electron chi connectivity index (χ2n) is 3.62. The maximum atomic E-state index is 5.94. The monoisotopic (exact) mass is 271 g/mol. The molecule has 1 atom stereocenters. The largest absolute Gasteiger partial charge is 0.270 e. The minimum Gasteiger partial charge on any atom is -0.270 e. The van der Waals surface area contributed by atoms with E-state index >= 15 is 0 Å². The Kier molecular flexibility index (Phi) is 4.11. The van der Waals surface area contributed by atoms with Crippen LogP contribution in [-0.4, -0.2) is 15.0 Å². The van der Waals surface area contributed by atoms with E-state index in [9.17, 15) is 0 Å². The number of rotatable bonds is 5. The lowest BCUT2D eigenvalue weighted by Gasteiger charge is -2.14. The lowest BCUT2D eigenvalue weighted by Crippen LogP contribution is -2.30. The first-order chi connectivity index (χ1) is 8.26. The van der Waals surface area contributed by atoms with Crippen molar-refractivity contribution >= 4 is 22.9 Å². The van der Waals surface area contributed by atoms with Crippen LogP contribution in [0.25, 0.3) is 0 Å². The minimum absolute atomic E-state index is 0.117. The SMILES string of the molecule is CCCn1nncc1C(NN)c1ccc(Cl)s1. The predicted octanol–water partition coefficient (Wildman–Crippen LogP) is 1.96. The van der Waals surface area contributed by atoms with Gasteiger partial charge in [0.15, 0.2) is 0 Å². The van der Waals surface area contributed by atoms with E-state index in [2.05, 4.69) is 22.7 Å². The topological polar surface area (TPSA) is 68.8 Å². The van der Waals surface area contributed by atoms with Crippen LogP contribution in [0.3, 0.4) is 0 Å². The quantitative estimate of drug-likeness (QED) is 0.644. The summed E-state index contributed by atoms with van der Waals surface area (Å²) in [5.74, 6) is 5.62. The van der Waals surface area contributed by atoms with E-state index in [-0.39, 0.29) is 6.04 Å². The van der Waals surface area contributed by atoms with Gasteiger partial charge in [0.2, 0.25) is 0 Å². The van der Waals surface area contributed by atoms with Gasteiger partial charge in [0.25, 0.3) is 0 Å². The molecule has 0 saturated carbocycles. The van der Waals surface area contributed by atoms with Crippen molar-refractivity contribution in [3.05, 3.63) is 33.2 Å². The molecule has 0 amide bonds. The predicted molar refractivity (Wildman–Crippen MR) is 68.8 cm³/mol. The molecule has 5 nitrogen and oxygen atoms in total. The molecule has 3 N–H and O–H groups in total. The van der Waals surface area contributed by atoms with Crippen molar-refractivity contribution in [2.24, 2.45) is 5.84 Å². The van der Waals surface area contributed by atoms with E-state index < -0.39 is 0 Å². The zero-order valence-electron chi connectivity index (χ0n) is 9.43. The highest BCUT2D eigenvalue weighted by molar-refractivity contribution is 7.16. The Hall–Kier alpha value is -0.950. The molecule has 2 aromatic heterocycles. The van der Waals surface area contributed by atoms with Crippen LogP contribution in [0, 0.1) is 0 Å². The summed E-state index contributed by atoms with van der Waals surface area (Å²) in [6.07, 6.45) is 2.73. The molecule has 92 valence electrons. The lowest BCUT2D eigenvalue weighted by atomic mass is 10.2. The van der Waals surface area contributed by atoms with Crippen LogP contribution < -0.4 is 11.3 Å². The molecule has 2 heterocycles. The molecule has 0 bridgehead atoms. The van der Waals surface area contributed by atoms with Crippen LogP contribution in [0.2, 0.25) is 4.34 Å². The van der Waals surface area contributed by atoms with Gasteiger partial charge in [0.1, 0.15) is 0 Å². The number of aromatic nitrogens is 3. The van der Waals surface area contributed by atoms with Gasteiger partial charge in [-0.15, -0.1) is 16.4 Å². The van der Waals surface area contributed by atoms with Crippen molar-refractivity contribution < 1.29 is 0 Å². The first-order valence-electron chi connectivity index (χ1n) is 5.36. The molecule has 0 aliphatic rings. The Morgan fingerprint density at radius 1 is 1.59 bits per heavy atom. The number of halogens is 1. The highest BCUT2D eigenvalue weighted by Crippen LogP contribution is 2.30. The Morgan fingerprint density at radius 3 is 3.00 bits per heavy atom. The Morgan fingerprint density at radius 2 is 2.41 bits per heavy atom. The van der Waals surface area contributed by atoms with Crippen LogP contribution in [0.4, 0.5) is 0 Å². The molecule has 1 unspecified atom stereocenters. The molecule has 0 aliphatic heterocycles. The molecule has 0 aliphatic carbocycles. The molecular formula is C10H14ClN5S. The number of thiophene rings is 1. The van der Waals surface area contributed by atoms with Crippen molar-refractivity contribution in [2.75, 3.05) is 0 Å². The zero-order valence-corrected chi connectivity index (χ0v) is 11.0. The first-order valence-corrected chi connectivity index (χ1v) is 6.55. The third-order valence-corrected chi connectivity index (χ3v) is 3.72. The van der Waals surface area contributed by atoms with Gasteiger partial charge < -0.3 is 0 Å². The van der Waals surface area contributed by atoms with Gasteiger partial charge in [-0.1, -0.05) is 23.7 Å². The van der Waals surface area contributed by atoms with Crippen molar-refractivity contribution in [1.82, 2.24) is 20.4 Å². The van der Waals surface area contributed by atoms with Gasteiger partial charge in [-0.2, -0.15) is 0 Å². The number of hydrogen-bond acceptors (Lipinski definition) is 5. The van der Waals surface area contributed by atoms with Crippen LogP contribution in [0.1, 0.15) is 30.0 Å². The number of nitrogens with two attached hydrogens (primary N) is 1. The summed E-state index contributed by atoms with van der Waals surface area (Å²) >= 11 is 7.44. The Bertz CT molecular complexity index is 481.